The van der Waals surface area contributed by atoms with Crippen LogP contribution in [-0.2, 0) is 5.41 Å². The topological polar surface area (TPSA) is 25.2 Å². The van der Waals surface area contributed by atoms with Gasteiger partial charge in [-0.2, -0.15) is 0 Å². The Bertz CT molecular complexity index is 1050. The van der Waals surface area contributed by atoms with Gasteiger partial charge in [0.2, 0.25) is 0 Å². The number of hydrogen-bond donors (Lipinski definition) is 0. The molecule has 0 saturated carbocycles. The molecule has 2 heteroatoms. The van der Waals surface area contributed by atoms with Gasteiger partial charge < -0.3 is 0 Å². The highest BCUT2D eigenvalue weighted by atomic mass is 14.9. The number of hydrogen-bond acceptors (Lipinski definition) is 2. The minimum absolute atomic E-state index is 0.0174. The van der Waals surface area contributed by atoms with E-state index in [1.807, 2.05) is 6.20 Å². The van der Waals surface area contributed by atoms with Gasteiger partial charge >= 0.3 is 0 Å². The van der Waals surface area contributed by atoms with Gasteiger partial charge in [-0.3, -0.25) is 9.98 Å². The Morgan fingerprint density at radius 1 is 0.846 bits per heavy atom. The number of nitrogens with zero attached hydrogens (tertiary/aromatic N) is 2. The Labute approximate surface area is 156 Å². The van der Waals surface area contributed by atoms with Crippen LogP contribution in [0.3, 0.4) is 0 Å². The molecule has 1 aromatic heterocycles. The second-order valence-corrected chi connectivity index (χ2v) is 8.51. The Morgan fingerprint density at radius 2 is 1.58 bits per heavy atom. The van der Waals surface area contributed by atoms with E-state index in [-0.39, 0.29) is 11.0 Å². The van der Waals surface area contributed by atoms with Crippen molar-refractivity contribution >= 4 is 16.6 Å². The monoisotopic (exact) mass is 342 g/mol. The lowest BCUT2D eigenvalue weighted by atomic mass is 9.65. The summed E-state index contributed by atoms with van der Waals surface area (Å²) < 4.78 is 0. The lowest BCUT2D eigenvalue weighted by Gasteiger charge is -2.44. The Balaban J connectivity index is 2.03. The summed E-state index contributed by atoms with van der Waals surface area (Å²) >= 11 is 0. The maximum Gasteiger partial charge on any atom is 0.0734 e. The molecule has 0 radical (unpaired) electrons. The first-order valence-electron chi connectivity index (χ1n) is 9.28. The number of aromatic nitrogens is 1. The van der Waals surface area contributed by atoms with Crippen LogP contribution in [0.1, 0.15) is 55.5 Å². The van der Waals surface area contributed by atoms with Gasteiger partial charge in [0.1, 0.15) is 0 Å². The molecule has 0 saturated heterocycles. The van der Waals surface area contributed by atoms with Crippen molar-refractivity contribution in [2.24, 2.45) is 4.99 Å². The third kappa shape index (κ3) is 2.32. The van der Waals surface area contributed by atoms with Crippen LogP contribution in [0.4, 0.5) is 0 Å². The standard InChI is InChI=1S/C24H26N2/c1-15-11-12-25-21-16(2)13-17(14-19(15)21)22-18-9-7-8-10-20(18)23(3,4)24(5,6)26-22/h7-14H,1-6H3. The summed E-state index contributed by atoms with van der Waals surface area (Å²) in [5.41, 5.74) is 8.24. The summed E-state index contributed by atoms with van der Waals surface area (Å²) in [5.74, 6) is 0. The van der Waals surface area contributed by atoms with Crippen LogP contribution in [0.2, 0.25) is 0 Å². The van der Waals surface area contributed by atoms with Gasteiger partial charge in [-0.05, 0) is 62.6 Å². The Morgan fingerprint density at radius 3 is 2.35 bits per heavy atom. The predicted molar refractivity (Wildman–Crippen MR) is 110 cm³/mol. The van der Waals surface area contributed by atoms with Crippen molar-refractivity contribution in [3.05, 3.63) is 76.5 Å². The fraction of sp³-hybridized carbons (Fsp3) is 0.333. The number of pyridine rings is 1. The van der Waals surface area contributed by atoms with Gasteiger partial charge in [0.05, 0.1) is 16.8 Å². The molecule has 0 aliphatic carbocycles. The van der Waals surface area contributed by atoms with E-state index in [0.717, 1.165) is 11.2 Å². The fourth-order valence-corrected chi connectivity index (χ4v) is 3.97. The van der Waals surface area contributed by atoms with Gasteiger partial charge in [0.15, 0.2) is 0 Å². The zero-order valence-electron chi connectivity index (χ0n) is 16.5. The fourth-order valence-electron chi connectivity index (χ4n) is 3.97. The van der Waals surface area contributed by atoms with Crippen LogP contribution in [-0.4, -0.2) is 16.2 Å². The van der Waals surface area contributed by atoms with Crippen LogP contribution in [0.25, 0.3) is 10.9 Å². The molecule has 2 heterocycles. The van der Waals surface area contributed by atoms with Crippen molar-refractivity contribution in [1.29, 1.82) is 0 Å². The Kier molecular flexibility index (Phi) is 3.59. The van der Waals surface area contributed by atoms with Gasteiger partial charge in [-0.15, -0.1) is 0 Å². The van der Waals surface area contributed by atoms with E-state index in [9.17, 15) is 0 Å². The van der Waals surface area contributed by atoms with Crippen molar-refractivity contribution in [2.75, 3.05) is 0 Å². The summed E-state index contributed by atoms with van der Waals surface area (Å²) in [6, 6.07) is 15.3. The SMILES string of the molecule is Cc1ccnc2c(C)cc(C3=NC(C)(C)C(C)(C)c4ccccc43)cc12. The van der Waals surface area contributed by atoms with Gasteiger partial charge in [-0.25, -0.2) is 0 Å². The normalized spacial score (nSPS) is 17.7. The third-order valence-electron chi connectivity index (χ3n) is 6.30. The highest BCUT2D eigenvalue weighted by Crippen LogP contribution is 2.44. The van der Waals surface area contributed by atoms with E-state index in [2.05, 4.69) is 89.0 Å². The number of fused-ring (bicyclic) bond motifs is 2. The second-order valence-electron chi connectivity index (χ2n) is 8.51. The third-order valence-corrected chi connectivity index (χ3v) is 6.30. The molecule has 0 unspecified atom stereocenters. The lowest BCUT2D eigenvalue weighted by molar-refractivity contribution is 0.303. The first-order valence-corrected chi connectivity index (χ1v) is 9.28. The first kappa shape index (κ1) is 17.0. The van der Waals surface area contributed by atoms with Gasteiger partial charge in [0.25, 0.3) is 0 Å². The molecule has 0 fully saturated rings. The highest BCUT2D eigenvalue weighted by molar-refractivity contribution is 6.16. The largest absolute Gasteiger partial charge is 0.277 e. The molecule has 0 N–H and O–H groups in total. The summed E-state index contributed by atoms with van der Waals surface area (Å²) in [4.78, 5) is 9.84. The van der Waals surface area contributed by atoms with Crippen LogP contribution >= 0.6 is 0 Å². The molecule has 1 aliphatic heterocycles. The van der Waals surface area contributed by atoms with Crippen LogP contribution in [0.5, 0.6) is 0 Å². The molecule has 3 aromatic rings. The molecule has 4 rings (SSSR count). The quantitative estimate of drug-likeness (QED) is 0.552. The maximum absolute atomic E-state index is 5.25. The van der Waals surface area contributed by atoms with E-state index in [1.165, 1.54) is 33.2 Å². The molecule has 26 heavy (non-hydrogen) atoms. The van der Waals surface area contributed by atoms with Crippen molar-refractivity contribution in [3.8, 4) is 0 Å². The molecule has 2 aromatic carbocycles. The molecule has 0 spiro atoms. The number of aryl methyl sites for hydroxylation is 2. The average molecular weight is 342 g/mol. The van der Waals surface area contributed by atoms with Crippen molar-refractivity contribution in [3.63, 3.8) is 0 Å². The van der Waals surface area contributed by atoms with Crippen molar-refractivity contribution in [2.45, 2.75) is 52.5 Å². The van der Waals surface area contributed by atoms with Gasteiger partial charge in [-0.1, -0.05) is 38.1 Å². The van der Waals surface area contributed by atoms with E-state index in [0.29, 0.717) is 0 Å². The highest BCUT2D eigenvalue weighted by Gasteiger charge is 2.43. The number of benzene rings is 2. The minimum Gasteiger partial charge on any atom is -0.277 e. The summed E-state index contributed by atoms with van der Waals surface area (Å²) in [7, 11) is 0. The summed E-state index contributed by atoms with van der Waals surface area (Å²) in [5, 5.41) is 1.21. The van der Waals surface area contributed by atoms with Crippen molar-refractivity contribution in [1.82, 2.24) is 4.98 Å². The maximum atomic E-state index is 5.25. The molecule has 0 atom stereocenters. The van der Waals surface area contributed by atoms with E-state index in [1.54, 1.807) is 0 Å². The number of rotatable bonds is 1. The van der Waals surface area contributed by atoms with Gasteiger partial charge in [0, 0.05) is 28.1 Å². The molecular weight excluding hydrogens is 316 g/mol. The second kappa shape index (κ2) is 5.51. The van der Waals surface area contributed by atoms with E-state index >= 15 is 0 Å². The average Bonchev–Trinajstić information content (AvgIpc) is 2.59. The van der Waals surface area contributed by atoms with Crippen LogP contribution in [0.15, 0.2) is 53.7 Å². The smallest absolute Gasteiger partial charge is 0.0734 e. The van der Waals surface area contributed by atoms with E-state index in [4.69, 9.17) is 4.99 Å². The molecule has 132 valence electrons. The van der Waals surface area contributed by atoms with Crippen LogP contribution < -0.4 is 0 Å². The minimum atomic E-state index is -0.177. The zero-order chi connectivity index (χ0) is 18.7. The molecule has 0 bridgehead atoms. The van der Waals surface area contributed by atoms with E-state index < -0.39 is 0 Å². The number of aliphatic imine (C=N–C) groups is 1. The summed E-state index contributed by atoms with van der Waals surface area (Å²) in [6.45, 7) is 13.4. The summed E-state index contributed by atoms with van der Waals surface area (Å²) in [6.07, 6.45) is 1.89. The molecular formula is C24H26N2. The molecule has 2 nitrogen and oxygen atoms in total. The predicted octanol–water partition coefficient (Wildman–Crippen LogP) is 5.76. The van der Waals surface area contributed by atoms with Crippen molar-refractivity contribution < 1.29 is 0 Å². The van der Waals surface area contributed by atoms with Crippen LogP contribution in [0, 0.1) is 13.8 Å². The lowest BCUT2D eigenvalue weighted by Crippen LogP contribution is -2.46. The zero-order valence-corrected chi connectivity index (χ0v) is 16.5. The Hall–Kier alpha value is -2.48. The molecule has 0 amide bonds. The first-order chi connectivity index (χ1) is 12.2. The molecule has 1 aliphatic rings.